The van der Waals surface area contributed by atoms with Crippen LogP contribution in [0.25, 0.3) is 0 Å². The fourth-order valence-corrected chi connectivity index (χ4v) is 5.10. The van der Waals surface area contributed by atoms with Crippen LogP contribution in [0.2, 0.25) is 10.0 Å². The van der Waals surface area contributed by atoms with Crippen molar-refractivity contribution in [3.63, 3.8) is 0 Å². The summed E-state index contributed by atoms with van der Waals surface area (Å²) in [5.41, 5.74) is 0. The summed E-state index contributed by atoms with van der Waals surface area (Å²) >= 11 is 11.9. The lowest BCUT2D eigenvalue weighted by Crippen LogP contribution is -2.40. The summed E-state index contributed by atoms with van der Waals surface area (Å²) in [5, 5.41) is 4.13. The van der Waals surface area contributed by atoms with Crippen molar-refractivity contribution in [3.8, 4) is 0 Å². The molecule has 0 aliphatic carbocycles. The van der Waals surface area contributed by atoms with Crippen LogP contribution in [0.15, 0.2) is 27.6 Å². The number of carbonyl (C=O) groups excluding carboxylic acids is 1. The molecule has 1 saturated heterocycles. The number of hydrogen-bond donors (Lipinski definition) is 0. The Morgan fingerprint density at radius 1 is 1.32 bits per heavy atom. The van der Waals surface area contributed by atoms with Gasteiger partial charge in [-0.2, -0.15) is 9.29 Å². The maximum Gasteiger partial charge on any atom is 0.309 e. The van der Waals surface area contributed by atoms with Gasteiger partial charge in [0.2, 0.25) is 10.0 Å². The van der Waals surface area contributed by atoms with Gasteiger partial charge in [0.1, 0.15) is 4.90 Å². The maximum atomic E-state index is 12.8. The van der Waals surface area contributed by atoms with Crippen LogP contribution in [-0.4, -0.2) is 41.9 Å². The van der Waals surface area contributed by atoms with Gasteiger partial charge in [-0.15, -0.1) is 0 Å². The van der Waals surface area contributed by atoms with Crippen LogP contribution in [0.5, 0.6) is 0 Å². The van der Waals surface area contributed by atoms with E-state index in [0.29, 0.717) is 25.1 Å². The highest BCUT2D eigenvalue weighted by Gasteiger charge is 2.34. The molecule has 0 bridgehead atoms. The minimum atomic E-state index is -3.79. The molecule has 0 spiro atoms. The summed E-state index contributed by atoms with van der Waals surface area (Å²) in [6, 6.07) is 4.30. The highest BCUT2D eigenvalue weighted by molar-refractivity contribution is 7.89. The molecular weight excluding hydrogens is 429 g/mol. The molecule has 8 nitrogen and oxygen atoms in total. The maximum absolute atomic E-state index is 12.8. The average molecular weight is 448 g/mol. The first kappa shape index (κ1) is 21.0. The van der Waals surface area contributed by atoms with Crippen LogP contribution in [-0.2, 0) is 32.6 Å². The Morgan fingerprint density at radius 3 is 2.68 bits per heavy atom. The van der Waals surface area contributed by atoms with Crippen LogP contribution in [0.1, 0.15) is 31.5 Å². The number of esters is 1. The molecular formula is C17H19Cl2N3O5S. The van der Waals surface area contributed by atoms with E-state index in [1.165, 1.54) is 22.5 Å². The summed E-state index contributed by atoms with van der Waals surface area (Å²) in [7, 11) is -3.79. The second kappa shape index (κ2) is 8.77. The van der Waals surface area contributed by atoms with Gasteiger partial charge in [-0.05, 0) is 31.0 Å². The molecule has 2 heterocycles. The zero-order chi connectivity index (χ0) is 20.3. The largest absolute Gasteiger partial charge is 0.455 e. The van der Waals surface area contributed by atoms with E-state index in [2.05, 4.69) is 10.1 Å². The highest BCUT2D eigenvalue weighted by Crippen LogP contribution is 2.30. The first-order chi connectivity index (χ1) is 13.3. The predicted molar refractivity (Wildman–Crippen MR) is 101 cm³/mol. The average Bonchev–Trinajstić information content (AvgIpc) is 3.16. The minimum Gasteiger partial charge on any atom is -0.455 e. The van der Waals surface area contributed by atoms with Crippen LogP contribution < -0.4 is 0 Å². The zero-order valence-corrected chi connectivity index (χ0v) is 17.4. The van der Waals surface area contributed by atoms with Crippen LogP contribution in [0.4, 0.5) is 0 Å². The Hall–Kier alpha value is -1.68. The van der Waals surface area contributed by atoms with Gasteiger partial charge < -0.3 is 9.26 Å². The molecule has 1 aliphatic heterocycles. The second-order valence-electron chi connectivity index (χ2n) is 6.32. The second-order valence-corrected chi connectivity index (χ2v) is 9.07. The molecule has 28 heavy (non-hydrogen) atoms. The van der Waals surface area contributed by atoms with Crippen molar-refractivity contribution in [2.75, 3.05) is 13.1 Å². The molecule has 11 heteroatoms. The van der Waals surface area contributed by atoms with Crippen molar-refractivity contribution in [3.05, 3.63) is 40.0 Å². The van der Waals surface area contributed by atoms with Gasteiger partial charge >= 0.3 is 5.97 Å². The van der Waals surface area contributed by atoms with Gasteiger partial charge in [0.05, 0.1) is 10.9 Å². The lowest BCUT2D eigenvalue weighted by Gasteiger charge is -2.30. The number of aromatic nitrogens is 2. The molecule has 1 fully saturated rings. The Labute approximate surface area is 172 Å². The molecule has 0 N–H and O–H groups in total. The summed E-state index contributed by atoms with van der Waals surface area (Å²) in [4.78, 5) is 16.3. The van der Waals surface area contributed by atoms with Gasteiger partial charge in [0.25, 0.3) is 5.89 Å². The number of nitrogens with zero attached hydrogens (tertiary/aromatic N) is 3. The van der Waals surface area contributed by atoms with E-state index in [4.69, 9.17) is 32.5 Å². The normalized spacial score (nSPS) is 16.2. The summed E-state index contributed by atoms with van der Waals surface area (Å²) in [5.74, 6) is -0.0195. The fraction of sp³-hybridized carbons (Fsp3) is 0.471. The highest BCUT2D eigenvalue weighted by atomic mass is 35.5. The van der Waals surface area contributed by atoms with E-state index in [0.717, 1.165) is 0 Å². The van der Waals surface area contributed by atoms with Crippen molar-refractivity contribution in [1.82, 2.24) is 14.4 Å². The number of rotatable bonds is 6. The molecule has 0 saturated carbocycles. The number of aryl methyl sites for hydroxylation is 1. The number of sulfonamides is 1. The molecule has 3 rings (SSSR count). The van der Waals surface area contributed by atoms with Crippen molar-refractivity contribution >= 4 is 39.2 Å². The van der Waals surface area contributed by atoms with Gasteiger partial charge in [-0.1, -0.05) is 35.3 Å². The first-order valence-electron chi connectivity index (χ1n) is 8.74. The van der Waals surface area contributed by atoms with E-state index in [1.54, 1.807) is 0 Å². The Balaban J connectivity index is 1.57. The van der Waals surface area contributed by atoms with Crippen molar-refractivity contribution < 1.29 is 22.5 Å². The topological polar surface area (TPSA) is 103 Å². The molecule has 0 unspecified atom stereocenters. The summed E-state index contributed by atoms with van der Waals surface area (Å²) in [6.45, 7) is 2.17. The van der Waals surface area contributed by atoms with Crippen LogP contribution in [0, 0.1) is 5.92 Å². The Morgan fingerprint density at radius 2 is 2.04 bits per heavy atom. The van der Waals surface area contributed by atoms with E-state index in [1.807, 2.05) is 6.92 Å². The fourth-order valence-electron chi connectivity index (χ4n) is 2.89. The minimum absolute atomic E-state index is 0.0363. The molecule has 1 aromatic carbocycles. The van der Waals surface area contributed by atoms with Gasteiger partial charge in [0, 0.05) is 24.5 Å². The summed E-state index contributed by atoms with van der Waals surface area (Å²) in [6.07, 6.45) is 1.32. The predicted octanol–water partition coefficient (Wildman–Crippen LogP) is 3.08. The first-order valence-corrected chi connectivity index (χ1v) is 10.9. The number of halogens is 2. The summed E-state index contributed by atoms with van der Waals surface area (Å²) < 4.78 is 37.1. The van der Waals surface area contributed by atoms with Crippen molar-refractivity contribution in [2.45, 2.75) is 37.7 Å². The third kappa shape index (κ3) is 4.65. The van der Waals surface area contributed by atoms with E-state index in [-0.39, 0.29) is 40.5 Å². The van der Waals surface area contributed by atoms with E-state index >= 15 is 0 Å². The van der Waals surface area contributed by atoms with Crippen LogP contribution >= 0.6 is 23.2 Å². The van der Waals surface area contributed by atoms with Gasteiger partial charge in [0.15, 0.2) is 12.4 Å². The molecule has 1 aromatic heterocycles. The molecule has 0 atom stereocenters. The quantitative estimate of drug-likeness (QED) is 0.626. The van der Waals surface area contributed by atoms with Crippen molar-refractivity contribution in [2.24, 2.45) is 5.92 Å². The molecule has 0 radical (unpaired) electrons. The monoisotopic (exact) mass is 447 g/mol. The third-order valence-corrected chi connectivity index (χ3v) is 7.08. The van der Waals surface area contributed by atoms with Gasteiger partial charge in [-0.25, -0.2) is 8.42 Å². The number of benzene rings is 1. The zero-order valence-electron chi connectivity index (χ0n) is 15.1. The lowest BCUT2D eigenvalue weighted by molar-refractivity contribution is -0.152. The van der Waals surface area contributed by atoms with Crippen LogP contribution in [0.3, 0.4) is 0 Å². The van der Waals surface area contributed by atoms with E-state index < -0.39 is 21.9 Å². The molecule has 152 valence electrons. The third-order valence-electron chi connectivity index (χ3n) is 4.46. The van der Waals surface area contributed by atoms with Crippen molar-refractivity contribution in [1.29, 1.82) is 0 Å². The SMILES string of the molecule is CCc1noc(COC(=O)C2CCN(S(=O)(=O)c3cc(Cl)ccc3Cl)CC2)n1. The van der Waals surface area contributed by atoms with Gasteiger partial charge in [-0.3, -0.25) is 4.79 Å². The Bertz CT molecular complexity index is 955. The van der Waals surface area contributed by atoms with E-state index in [9.17, 15) is 13.2 Å². The molecule has 1 aliphatic rings. The number of hydrogen-bond acceptors (Lipinski definition) is 7. The molecule has 0 amide bonds. The Kier molecular flexibility index (Phi) is 6.59. The number of ether oxygens (including phenoxy) is 1. The number of carbonyl (C=O) groups is 1. The molecule has 2 aromatic rings. The lowest BCUT2D eigenvalue weighted by atomic mass is 9.98. The standard InChI is InChI=1S/C17H19Cl2N3O5S/c1-2-15-20-16(27-21-15)10-26-17(23)11-5-7-22(8-6-11)28(24,25)14-9-12(18)3-4-13(14)19/h3-4,9,11H,2,5-8,10H2,1H3. The number of piperidine rings is 1. The smallest absolute Gasteiger partial charge is 0.309 e.